The molecule has 2 saturated carbocycles. The Hall–Kier alpha value is -0.530. The lowest BCUT2D eigenvalue weighted by Crippen LogP contribution is -2.37. The Bertz CT molecular complexity index is 302. The van der Waals surface area contributed by atoms with Gasteiger partial charge in [0.05, 0.1) is 5.92 Å². The molecule has 3 atom stereocenters. The molecule has 0 aromatic rings. The number of carboxylic acid groups (broad SMARTS) is 1. The lowest BCUT2D eigenvalue weighted by atomic mass is 9.63. The van der Waals surface area contributed by atoms with E-state index in [0.717, 1.165) is 31.1 Å². The van der Waals surface area contributed by atoms with Crippen molar-refractivity contribution in [2.45, 2.75) is 65.7 Å². The maximum atomic E-state index is 11.5. The van der Waals surface area contributed by atoms with E-state index in [1.54, 1.807) is 0 Å². The molecule has 0 aliphatic heterocycles. The van der Waals surface area contributed by atoms with E-state index in [1.807, 2.05) is 0 Å². The summed E-state index contributed by atoms with van der Waals surface area (Å²) in [6, 6.07) is 0. The third kappa shape index (κ3) is 3.52. The van der Waals surface area contributed by atoms with E-state index in [4.69, 9.17) is 0 Å². The van der Waals surface area contributed by atoms with Gasteiger partial charge in [-0.3, -0.25) is 4.79 Å². The van der Waals surface area contributed by atoms with Gasteiger partial charge in [-0.2, -0.15) is 0 Å². The van der Waals surface area contributed by atoms with Crippen LogP contribution in [0.1, 0.15) is 65.7 Å². The molecular formula is C17H30O2. The van der Waals surface area contributed by atoms with Gasteiger partial charge in [0.2, 0.25) is 0 Å². The molecule has 19 heavy (non-hydrogen) atoms. The number of hydrogen-bond acceptors (Lipinski definition) is 1. The van der Waals surface area contributed by atoms with Gasteiger partial charge < -0.3 is 5.11 Å². The summed E-state index contributed by atoms with van der Waals surface area (Å²) in [6.07, 6.45) is 8.33. The first-order chi connectivity index (χ1) is 8.99. The molecule has 0 radical (unpaired) electrons. The molecule has 0 aromatic carbocycles. The van der Waals surface area contributed by atoms with Gasteiger partial charge in [0.25, 0.3) is 0 Å². The maximum Gasteiger partial charge on any atom is 0.306 e. The van der Waals surface area contributed by atoms with E-state index >= 15 is 0 Å². The molecular weight excluding hydrogens is 236 g/mol. The second kappa shape index (κ2) is 6.28. The molecule has 0 spiro atoms. The van der Waals surface area contributed by atoms with E-state index < -0.39 is 5.97 Å². The van der Waals surface area contributed by atoms with Gasteiger partial charge in [0, 0.05) is 0 Å². The minimum absolute atomic E-state index is 0.0617. The highest BCUT2D eigenvalue weighted by Gasteiger charge is 2.40. The van der Waals surface area contributed by atoms with E-state index in [-0.39, 0.29) is 5.92 Å². The SMILES string of the molecule is CC1CCC(C2CC(C(C)C)CCC2C(=O)O)CC1. The zero-order valence-electron chi connectivity index (χ0n) is 12.8. The van der Waals surface area contributed by atoms with Crippen LogP contribution in [0.15, 0.2) is 0 Å². The van der Waals surface area contributed by atoms with Crippen LogP contribution in [0, 0.1) is 35.5 Å². The van der Waals surface area contributed by atoms with Crippen LogP contribution in [-0.4, -0.2) is 11.1 Å². The predicted octanol–water partition coefficient (Wildman–Crippen LogP) is 4.59. The highest BCUT2D eigenvalue weighted by Crippen LogP contribution is 2.46. The van der Waals surface area contributed by atoms with Crippen LogP contribution in [0.4, 0.5) is 0 Å². The predicted molar refractivity (Wildman–Crippen MR) is 77.9 cm³/mol. The van der Waals surface area contributed by atoms with Gasteiger partial charge in [0.1, 0.15) is 0 Å². The minimum Gasteiger partial charge on any atom is -0.481 e. The summed E-state index contributed by atoms with van der Waals surface area (Å²) >= 11 is 0. The van der Waals surface area contributed by atoms with Crippen molar-refractivity contribution in [3.05, 3.63) is 0 Å². The molecule has 2 nitrogen and oxygen atoms in total. The lowest BCUT2D eigenvalue weighted by molar-refractivity contribution is -0.147. The van der Waals surface area contributed by atoms with E-state index in [0.29, 0.717) is 17.8 Å². The molecule has 2 rings (SSSR count). The van der Waals surface area contributed by atoms with Crippen LogP contribution >= 0.6 is 0 Å². The monoisotopic (exact) mass is 266 g/mol. The largest absolute Gasteiger partial charge is 0.481 e. The molecule has 2 aliphatic rings. The number of rotatable bonds is 3. The molecule has 0 heterocycles. The molecule has 0 amide bonds. The van der Waals surface area contributed by atoms with Crippen LogP contribution in [0.3, 0.4) is 0 Å². The molecule has 2 aliphatic carbocycles. The summed E-state index contributed by atoms with van der Waals surface area (Å²) in [5, 5.41) is 9.52. The smallest absolute Gasteiger partial charge is 0.306 e. The first-order valence-electron chi connectivity index (χ1n) is 8.21. The summed E-state index contributed by atoms with van der Waals surface area (Å²) in [5.74, 6) is 2.84. The third-order valence-electron chi connectivity index (χ3n) is 5.87. The zero-order valence-corrected chi connectivity index (χ0v) is 12.8. The van der Waals surface area contributed by atoms with Crippen LogP contribution in [0.25, 0.3) is 0 Å². The van der Waals surface area contributed by atoms with Crippen molar-refractivity contribution >= 4 is 5.97 Å². The average molecular weight is 266 g/mol. The van der Waals surface area contributed by atoms with Gasteiger partial charge >= 0.3 is 5.97 Å². The van der Waals surface area contributed by atoms with Gasteiger partial charge in [-0.1, -0.05) is 33.6 Å². The fourth-order valence-electron chi connectivity index (χ4n) is 4.39. The second-order valence-corrected chi connectivity index (χ2v) is 7.45. The molecule has 0 bridgehead atoms. The molecule has 0 aromatic heterocycles. The Kier molecular flexibility index (Phi) is 4.92. The fourth-order valence-corrected chi connectivity index (χ4v) is 4.39. The first-order valence-corrected chi connectivity index (χ1v) is 8.21. The van der Waals surface area contributed by atoms with Crippen molar-refractivity contribution in [3.8, 4) is 0 Å². The number of carboxylic acids is 1. The molecule has 110 valence electrons. The number of aliphatic carboxylic acids is 1. The van der Waals surface area contributed by atoms with Crippen LogP contribution < -0.4 is 0 Å². The van der Waals surface area contributed by atoms with Gasteiger partial charge in [-0.05, 0) is 61.7 Å². The lowest BCUT2D eigenvalue weighted by Gasteiger charge is -2.42. The highest BCUT2D eigenvalue weighted by molar-refractivity contribution is 5.70. The van der Waals surface area contributed by atoms with Crippen molar-refractivity contribution in [2.24, 2.45) is 35.5 Å². The second-order valence-electron chi connectivity index (χ2n) is 7.45. The summed E-state index contributed by atoms with van der Waals surface area (Å²) in [5.41, 5.74) is 0. The fraction of sp³-hybridized carbons (Fsp3) is 0.941. The number of carbonyl (C=O) groups is 1. The van der Waals surface area contributed by atoms with Crippen molar-refractivity contribution < 1.29 is 9.90 Å². The van der Waals surface area contributed by atoms with Crippen molar-refractivity contribution in [2.75, 3.05) is 0 Å². The molecule has 0 saturated heterocycles. The standard InChI is InChI=1S/C17H30O2/c1-11(2)14-8-9-15(17(18)19)16(10-14)13-6-4-12(3)5-7-13/h11-16H,4-10H2,1-3H3,(H,18,19). The highest BCUT2D eigenvalue weighted by atomic mass is 16.4. The van der Waals surface area contributed by atoms with Crippen molar-refractivity contribution in [1.29, 1.82) is 0 Å². The van der Waals surface area contributed by atoms with E-state index in [9.17, 15) is 9.90 Å². The topological polar surface area (TPSA) is 37.3 Å². The van der Waals surface area contributed by atoms with Crippen molar-refractivity contribution in [1.82, 2.24) is 0 Å². The molecule has 1 N–H and O–H groups in total. The van der Waals surface area contributed by atoms with Gasteiger partial charge in [-0.25, -0.2) is 0 Å². The summed E-state index contributed by atoms with van der Waals surface area (Å²) in [7, 11) is 0. The molecule has 2 fully saturated rings. The number of hydrogen-bond donors (Lipinski definition) is 1. The quantitative estimate of drug-likeness (QED) is 0.811. The Labute approximate surface area is 118 Å². The summed E-state index contributed by atoms with van der Waals surface area (Å²) in [4.78, 5) is 11.5. The van der Waals surface area contributed by atoms with E-state index in [1.165, 1.54) is 25.7 Å². The van der Waals surface area contributed by atoms with Gasteiger partial charge in [0.15, 0.2) is 0 Å². The zero-order chi connectivity index (χ0) is 14.0. The van der Waals surface area contributed by atoms with Crippen LogP contribution in [-0.2, 0) is 4.79 Å². The minimum atomic E-state index is -0.536. The van der Waals surface area contributed by atoms with Crippen LogP contribution in [0.2, 0.25) is 0 Å². The van der Waals surface area contributed by atoms with Gasteiger partial charge in [-0.15, -0.1) is 0 Å². The Morgan fingerprint density at radius 2 is 1.68 bits per heavy atom. The third-order valence-corrected chi connectivity index (χ3v) is 5.87. The summed E-state index contributed by atoms with van der Waals surface area (Å²) < 4.78 is 0. The first kappa shape index (κ1) is 14.9. The Morgan fingerprint density at radius 3 is 2.21 bits per heavy atom. The average Bonchev–Trinajstić information content (AvgIpc) is 2.38. The Morgan fingerprint density at radius 1 is 1.05 bits per heavy atom. The normalized spacial score (nSPS) is 40.3. The molecule has 3 unspecified atom stereocenters. The van der Waals surface area contributed by atoms with Crippen molar-refractivity contribution in [3.63, 3.8) is 0 Å². The molecule has 2 heteroatoms. The van der Waals surface area contributed by atoms with Crippen LogP contribution in [0.5, 0.6) is 0 Å². The Balaban J connectivity index is 2.05. The maximum absolute atomic E-state index is 11.5. The van der Waals surface area contributed by atoms with E-state index in [2.05, 4.69) is 20.8 Å². The summed E-state index contributed by atoms with van der Waals surface area (Å²) in [6.45, 7) is 6.93.